The molecule has 0 rings (SSSR count). The lowest BCUT2D eigenvalue weighted by Crippen LogP contribution is -2.30. The van der Waals surface area contributed by atoms with Gasteiger partial charge >= 0.3 is 17.9 Å². The molecule has 0 saturated carbocycles. The Morgan fingerprint density at radius 2 is 0.485 bits per heavy atom. The zero-order valence-corrected chi connectivity index (χ0v) is 45.9. The molecule has 0 bridgehead atoms. The van der Waals surface area contributed by atoms with Crippen LogP contribution in [0.25, 0.3) is 0 Å². The number of esters is 3. The quantitative estimate of drug-likeness (QED) is 0.0262. The minimum atomic E-state index is -0.773. The molecule has 0 radical (unpaired) electrons. The average Bonchev–Trinajstić information content (AvgIpc) is 3.34. The summed E-state index contributed by atoms with van der Waals surface area (Å²) in [5, 5.41) is 0. The van der Waals surface area contributed by atoms with Crippen LogP contribution in [0.3, 0.4) is 0 Å². The van der Waals surface area contributed by atoms with E-state index in [9.17, 15) is 14.4 Å². The predicted octanol–water partition coefficient (Wildman–Crippen LogP) is 20.3. The second-order valence-corrected chi connectivity index (χ2v) is 20.6. The van der Waals surface area contributed by atoms with Crippen LogP contribution in [0.15, 0.2) is 24.3 Å². The van der Waals surface area contributed by atoms with Crippen molar-refractivity contribution in [2.45, 2.75) is 341 Å². The third-order valence-electron chi connectivity index (χ3n) is 13.7. The molecule has 0 amide bonds. The number of allylic oxidation sites excluding steroid dienone is 4. The Hall–Kier alpha value is -2.11. The van der Waals surface area contributed by atoms with Gasteiger partial charge in [0, 0.05) is 19.3 Å². The first kappa shape index (κ1) is 65.9. The Kier molecular flexibility index (Phi) is 55.7. The summed E-state index contributed by atoms with van der Waals surface area (Å²) >= 11 is 0. The van der Waals surface area contributed by atoms with Gasteiger partial charge in [-0.15, -0.1) is 0 Å². The first-order valence-electron chi connectivity index (χ1n) is 30.3. The van der Waals surface area contributed by atoms with Crippen LogP contribution in [0.2, 0.25) is 0 Å². The second-order valence-electron chi connectivity index (χ2n) is 20.6. The van der Waals surface area contributed by atoms with Crippen molar-refractivity contribution in [1.29, 1.82) is 0 Å². The zero-order valence-electron chi connectivity index (χ0n) is 45.9. The van der Waals surface area contributed by atoms with Gasteiger partial charge in [0.15, 0.2) is 6.10 Å². The fourth-order valence-corrected chi connectivity index (χ4v) is 9.08. The fraction of sp³-hybridized carbons (Fsp3) is 0.887. The molecule has 0 N–H and O–H groups in total. The summed E-state index contributed by atoms with van der Waals surface area (Å²) in [5.41, 5.74) is 0. The van der Waals surface area contributed by atoms with Crippen molar-refractivity contribution in [3.05, 3.63) is 24.3 Å². The van der Waals surface area contributed by atoms with Crippen molar-refractivity contribution >= 4 is 17.9 Å². The van der Waals surface area contributed by atoms with Gasteiger partial charge in [-0.2, -0.15) is 0 Å². The summed E-state index contributed by atoms with van der Waals surface area (Å²) in [7, 11) is 0. The van der Waals surface area contributed by atoms with Gasteiger partial charge in [0.1, 0.15) is 13.2 Å². The van der Waals surface area contributed by atoms with E-state index in [0.717, 1.165) is 64.2 Å². The summed E-state index contributed by atoms with van der Waals surface area (Å²) in [6, 6.07) is 0. The highest BCUT2D eigenvalue weighted by Gasteiger charge is 2.19. The highest BCUT2D eigenvalue weighted by atomic mass is 16.6. The van der Waals surface area contributed by atoms with Crippen LogP contribution in [-0.2, 0) is 28.6 Å². The lowest BCUT2D eigenvalue weighted by atomic mass is 10.0. The molecule has 1 unspecified atom stereocenters. The molecule has 0 aliphatic heterocycles. The number of ether oxygens (including phenoxy) is 3. The Morgan fingerprint density at radius 1 is 0.279 bits per heavy atom. The van der Waals surface area contributed by atoms with Gasteiger partial charge in [-0.25, -0.2) is 0 Å². The molecule has 68 heavy (non-hydrogen) atoms. The van der Waals surface area contributed by atoms with Gasteiger partial charge in [-0.1, -0.05) is 270 Å². The molecule has 0 saturated heterocycles. The van der Waals surface area contributed by atoms with Gasteiger partial charge in [-0.05, 0) is 70.6 Å². The van der Waals surface area contributed by atoms with Crippen LogP contribution in [0.1, 0.15) is 335 Å². The molecule has 0 spiro atoms. The molecule has 0 aromatic rings. The summed E-state index contributed by atoms with van der Waals surface area (Å²) < 4.78 is 16.9. The van der Waals surface area contributed by atoms with E-state index in [1.807, 2.05) is 0 Å². The number of carbonyl (C=O) groups is 3. The fourth-order valence-electron chi connectivity index (χ4n) is 9.08. The molecule has 0 fully saturated rings. The highest BCUT2D eigenvalue weighted by Crippen LogP contribution is 2.17. The van der Waals surface area contributed by atoms with Crippen LogP contribution >= 0.6 is 0 Å². The number of unbranched alkanes of at least 4 members (excludes halogenated alkanes) is 41. The zero-order chi connectivity index (χ0) is 49.3. The smallest absolute Gasteiger partial charge is 0.306 e. The molecular formula is C62H116O6. The van der Waals surface area contributed by atoms with E-state index in [4.69, 9.17) is 14.2 Å². The van der Waals surface area contributed by atoms with Crippen LogP contribution in [-0.4, -0.2) is 37.2 Å². The van der Waals surface area contributed by atoms with Gasteiger partial charge in [0.05, 0.1) is 0 Å². The van der Waals surface area contributed by atoms with Crippen molar-refractivity contribution in [3.63, 3.8) is 0 Å². The lowest BCUT2D eigenvalue weighted by Gasteiger charge is -2.18. The minimum absolute atomic E-state index is 0.0710. The first-order valence-corrected chi connectivity index (χ1v) is 30.3. The van der Waals surface area contributed by atoms with E-state index < -0.39 is 6.10 Å². The third kappa shape index (κ3) is 54.8. The minimum Gasteiger partial charge on any atom is -0.462 e. The molecule has 0 aliphatic rings. The van der Waals surface area contributed by atoms with Crippen molar-refractivity contribution in [3.8, 4) is 0 Å². The molecule has 0 heterocycles. The van der Waals surface area contributed by atoms with Gasteiger partial charge in [-0.3, -0.25) is 14.4 Å². The second kappa shape index (κ2) is 57.5. The molecule has 400 valence electrons. The number of rotatable bonds is 56. The number of hydrogen-bond acceptors (Lipinski definition) is 6. The van der Waals surface area contributed by atoms with Crippen molar-refractivity contribution < 1.29 is 28.6 Å². The van der Waals surface area contributed by atoms with Crippen molar-refractivity contribution in [2.24, 2.45) is 0 Å². The Bertz CT molecular complexity index is 1100. The molecule has 6 nitrogen and oxygen atoms in total. The maximum atomic E-state index is 12.9. The van der Waals surface area contributed by atoms with Crippen molar-refractivity contribution in [1.82, 2.24) is 0 Å². The van der Waals surface area contributed by atoms with Gasteiger partial charge < -0.3 is 14.2 Å². The molecular weight excluding hydrogens is 841 g/mol. The predicted molar refractivity (Wildman–Crippen MR) is 293 cm³/mol. The Morgan fingerprint density at radius 3 is 0.750 bits per heavy atom. The molecule has 6 heteroatoms. The van der Waals surface area contributed by atoms with Crippen molar-refractivity contribution in [2.75, 3.05) is 13.2 Å². The maximum absolute atomic E-state index is 12.9. The van der Waals surface area contributed by atoms with Crippen LogP contribution in [0.5, 0.6) is 0 Å². The van der Waals surface area contributed by atoms with E-state index >= 15 is 0 Å². The topological polar surface area (TPSA) is 78.9 Å². The standard InChI is InChI=1S/C62H116O6/c1-4-7-10-13-16-19-22-25-27-29-31-33-34-37-40-43-46-49-52-55-61(64)67-58-59(57-66-60(63)54-51-48-45-42-39-36-24-21-18-15-12-9-6-3)68-62(65)56-53-50-47-44-41-38-35-32-30-28-26-23-20-17-14-11-8-5-2/h21,24,28,30,59H,4-20,22-23,25-27,29,31-58H2,1-3H3/b24-21-,30-28-. The van der Waals surface area contributed by atoms with E-state index in [2.05, 4.69) is 45.1 Å². The highest BCUT2D eigenvalue weighted by molar-refractivity contribution is 5.71. The van der Waals surface area contributed by atoms with Crippen LogP contribution in [0.4, 0.5) is 0 Å². The summed E-state index contributed by atoms with van der Waals surface area (Å²) in [5.74, 6) is -0.862. The normalized spacial score (nSPS) is 12.1. The Balaban J connectivity index is 4.31. The van der Waals surface area contributed by atoms with E-state index in [1.165, 1.54) is 231 Å². The monoisotopic (exact) mass is 957 g/mol. The summed E-state index contributed by atoms with van der Waals surface area (Å²) in [4.78, 5) is 38.2. The van der Waals surface area contributed by atoms with E-state index in [0.29, 0.717) is 19.3 Å². The van der Waals surface area contributed by atoms with E-state index in [-0.39, 0.29) is 31.1 Å². The van der Waals surface area contributed by atoms with E-state index in [1.54, 1.807) is 0 Å². The van der Waals surface area contributed by atoms with Crippen LogP contribution in [0, 0.1) is 0 Å². The number of hydrogen-bond donors (Lipinski definition) is 0. The Labute approximate surface area is 423 Å². The molecule has 1 atom stereocenters. The summed E-state index contributed by atoms with van der Waals surface area (Å²) in [6.45, 7) is 6.67. The molecule has 0 aromatic heterocycles. The van der Waals surface area contributed by atoms with Gasteiger partial charge in [0.25, 0.3) is 0 Å². The SMILES string of the molecule is CCCCCC/C=C\CCCCCCCC(=O)OCC(COC(=O)CCCCCCCCCCCCCCCCCCCCC)OC(=O)CCCCCCCCC/C=C\CCCCCCCCC. The summed E-state index contributed by atoms with van der Waals surface area (Å²) in [6.07, 6.45) is 67.4. The third-order valence-corrected chi connectivity index (χ3v) is 13.7. The van der Waals surface area contributed by atoms with Crippen LogP contribution < -0.4 is 0 Å². The first-order chi connectivity index (χ1) is 33.5. The molecule has 0 aromatic carbocycles. The lowest BCUT2D eigenvalue weighted by molar-refractivity contribution is -0.167. The number of carbonyl (C=O) groups excluding carboxylic acids is 3. The van der Waals surface area contributed by atoms with Gasteiger partial charge in [0.2, 0.25) is 0 Å². The maximum Gasteiger partial charge on any atom is 0.306 e. The largest absolute Gasteiger partial charge is 0.462 e. The molecule has 0 aliphatic carbocycles. The average molecular weight is 958 g/mol.